The van der Waals surface area contributed by atoms with Crippen LogP contribution in [0.3, 0.4) is 0 Å². The van der Waals surface area contributed by atoms with Crippen LogP contribution in [0.4, 0.5) is 0 Å². The van der Waals surface area contributed by atoms with E-state index in [2.05, 4.69) is 191 Å². The maximum atomic E-state index is 2.48. The second-order valence-electron chi connectivity index (χ2n) is 14.0. The molecule has 0 radical (unpaired) electrons. The SMILES string of the molecule is c1ccc(-c2ccc(-n3c4ccccc4c4c5cccc6c7cccc8c7c(cc7c8c8ccccc8n7-c7ccccc7)c(cc43)c65)cc2)cc1. The van der Waals surface area contributed by atoms with Crippen molar-refractivity contribution < 1.29 is 0 Å². The van der Waals surface area contributed by atoms with E-state index >= 15 is 0 Å². The number of nitrogens with zero attached hydrogens (tertiary/aromatic N) is 2. The molecule has 0 atom stereocenters. The molecule has 2 nitrogen and oxygen atoms in total. The molecule has 0 unspecified atom stereocenters. The molecular weight excluding hydrogens is 629 g/mol. The van der Waals surface area contributed by atoms with Crippen molar-refractivity contribution in [2.24, 2.45) is 0 Å². The van der Waals surface area contributed by atoms with Gasteiger partial charge in [-0.25, -0.2) is 0 Å². The summed E-state index contributed by atoms with van der Waals surface area (Å²) in [7, 11) is 0. The molecule has 0 amide bonds. The molecule has 0 fully saturated rings. The summed E-state index contributed by atoms with van der Waals surface area (Å²) in [6.45, 7) is 0. The number of benzene rings is 10. The minimum absolute atomic E-state index is 1.16. The van der Waals surface area contributed by atoms with Gasteiger partial charge in [-0.1, -0.05) is 133 Å². The first kappa shape index (κ1) is 27.9. The van der Waals surface area contributed by atoms with E-state index in [9.17, 15) is 0 Å². The predicted molar refractivity (Wildman–Crippen MR) is 222 cm³/mol. The summed E-state index contributed by atoms with van der Waals surface area (Å²) in [6.07, 6.45) is 0. The molecule has 0 aliphatic carbocycles. The van der Waals surface area contributed by atoms with Crippen LogP contribution in [-0.2, 0) is 0 Å². The Balaban J connectivity index is 1.27. The number of aromatic nitrogens is 2. The number of rotatable bonds is 3. The van der Waals surface area contributed by atoms with Gasteiger partial charge in [-0.15, -0.1) is 0 Å². The standard InChI is InChI=1S/C50H30N2/c1-3-13-31(14-4-1)32-25-27-34(28-26-32)52-44-24-10-8-18-38(44)50-40-22-12-20-36-35-19-11-21-39-47(35)41(42(48(36)40)30-46(50)52)29-45-49(39)37-17-7-9-23-43(37)51(45)33-15-5-2-6-16-33/h1-30H. The summed E-state index contributed by atoms with van der Waals surface area (Å²) in [5, 5.41) is 15.6. The molecule has 0 saturated carbocycles. The van der Waals surface area contributed by atoms with Crippen LogP contribution in [-0.4, -0.2) is 9.13 Å². The van der Waals surface area contributed by atoms with E-state index in [0.29, 0.717) is 0 Å². The summed E-state index contributed by atoms with van der Waals surface area (Å²) in [4.78, 5) is 0. The Morgan fingerprint density at radius 2 is 0.635 bits per heavy atom. The Morgan fingerprint density at radius 1 is 0.231 bits per heavy atom. The molecule has 0 N–H and O–H groups in total. The molecule has 0 spiro atoms. The lowest BCUT2D eigenvalue weighted by atomic mass is 9.87. The molecule has 10 aromatic carbocycles. The van der Waals surface area contributed by atoms with E-state index < -0.39 is 0 Å². The van der Waals surface area contributed by atoms with E-state index in [-0.39, 0.29) is 0 Å². The zero-order valence-corrected chi connectivity index (χ0v) is 28.2. The molecule has 12 aromatic rings. The van der Waals surface area contributed by atoms with Crippen molar-refractivity contribution in [1.82, 2.24) is 9.13 Å². The van der Waals surface area contributed by atoms with Gasteiger partial charge in [-0.05, 0) is 103 Å². The fourth-order valence-electron chi connectivity index (χ4n) is 9.32. The van der Waals surface area contributed by atoms with Crippen LogP contribution >= 0.6 is 0 Å². The van der Waals surface area contributed by atoms with Gasteiger partial charge in [0.25, 0.3) is 0 Å². The smallest absolute Gasteiger partial charge is 0.0553 e. The highest BCUT2D eigenvalue weighted by molar-refractivity contribution is 6.41. The van der Waals surface area contributed by atoms with Crippen molar-refractivity contribution in [1.29, 1.82) is 0 Å². The Hall–Kier alpha value is -6.90. The first-order valence-electron chi connectivity index (χ1n) is 18.0. The molecule has 0 bridgehead atoms. The second-order valence-corrected chi connectivity index (χ2v) is 14.0. The van der Waals surface area contributed by atoms with Crippen molar-refractivity contribution in [3.8, 4) is 22.5 Å². The fraction of sp³-hybridized carbons (Fsp3) is 0. The van der Waals surface area contributed by atoms with Crippen LogP contribution in [0.25, 0.3) is 109 Å². The maximum Gasteiger partial charge on any atom is 0.0553 e. The normalized spacial score (nSPS) is 12.2. The summed E-state index contributed by atoms with van der Waals surface area (Å²) >= 11 is 0. The van der Waals surface area contributed by atoms with Crippen LogP contribution in [0.2, 0.25) is 0 Å². The highest BCUT2D eigenvalue weighted by Crippen LogP contribution is 2.48. The van der Waals surface area contributed by atoms with Crippen molar-refractivity contribution in [3.63, 3.8) is 0 Å². The minimum atomic E-state index is 1.16. The van der Waals surface area contributed by atoms with Gasteiger partial charge in [0, 0.05) is 32.9 Å². The van der Waals surface area contributed by atoms with Crippen molar-refractivity contribution in [2.75, 3.05) is 0 Å². The first-order valence-corrected chi connectivity index (χ1v) is 18.0. The Labute approximate surface area is 299 Å². The quantitative estimate of drug-likeness (QED) is 0.132. The van der Waals surface area contributed by atoms with Crippen LogP contribution in [0.1, 0.15) is 0 Å². The lowest BCUT2D eigenvalue weighted by molar-refractivity contribution is 1.18. The van der Waals surface area contributed by atoms with Gasteiger partial charge in [0.15, 0.2) is 0 Å². The van der Waals surface area contributed by atoms with Gasteiger partial charge in [-0.2, -0.15) is 0 Å². The van der Waals surface area contributed by atoms with Crippen molar-refractivity contribution in [3.05, 3.63) is 182 Å². The lowest BCUT2D eigenvalue weighted by Crippen LogP contribution is -1.95. The number of para-hydroxylation sites is 3. The first-order chi connectivity index (χ1) is 25.8. The zero-order chi connectivity index (χ0) is 33.9. The molecule has 240 valence electrons. The minimum Gasteiger partial charge on any atom is -0.309 e. The Bertz CT molecular complexity index is 3370. The van der Waals surface area contributed by atoms with E-state index in [0.717, 1.165) is 5.69 Å². The van der Waals surface area contributed by atoms with Gasteiger partial charge in [0.05, 0.1) is 22.1 Å². The van der Waals surface area contributed by atoms with Gasteiger partial charge < -0.3 is 9.13 Å². The summed E-state index contributed by atoms with van der Waals surface area (Å²) < 4.78 is 4.92. The monoisotopic (exact) mass is 658 g/mol. The van der Waals surface area contributed by atoms with Crippen LogP contribution in [0.5, 0.6) is 0 Å². The molecule has 0 aliphatic heterocycles. The van der Waals surface area contributed by atoms with Crippen LogP contribution < -0.4 is 0 Å². The van der Waals surface area contributed by atoms with Gasteiger partial charge in [0.2, 0.25) is 0 Å². The van der Waals surface area contributed by atoms with Crippen LogP contribution in [0, 0.1) is 0 Å². The molecular formula is C50H30N2. The third-order valence-electron chi connectivity index (χ3n) is 11.4. The van der Waals surface area contributed by atoms with Crippen molar-refractivity contribution >= 4 is 86.7 Å². The average molecular weight is 659 g/mol. The number of hydrogen-bond donors (Lipinski definition) is 0. The van der Waals surface area contributed by atoms with Crippen molar-refractivity contribution in [2.45, 2.75) is 0 Å². The zero-order valence-electron chi connectivity index (χ0n) is 28.2. The maximum absolute atomic E-state index is 2.48. The van der Waals surface area contributed by atoms with Gasteiger partial charge >= 0.3 is 0 Å². The van der Waals surface area contributed by atoms with Gasteiger partial charge in [-0.3, -0.25) is 0 Å². The highest BCUT2D eigenvalue weighted by Gasteiger charge is 2.23. The molecule has 2 heterocycles. The van der Waals surface area contributed by atoms with E-state index in [4.69, 9.17) is 0 Å². The summed E-state index contributed by atoms with van der Waals surface area (Å²) in [5.41, 5.74) is 9.68. The van der Waals surface area contributed by atoms with E-state index in [1.165, 1.54) is 104 Å². The lowest BCUT2D eigenvalue weighted by Gasteiger charge is -2.17. The predicted octanol–water partition coefficient (Wildman–Crippen LogP) is 13.6. The second kappa shape index (κ2) is 10.3. The highest BCUT2D eigenvalue weighted by atomic mass is 15.0. The third-order valence-corrected chi connectivity index (χ3v) is 11.4. The summed E-state index contributed by atoms with van der Waals surface area (Å²) in [5.74, 6) is 0. The molecule has 2 aromatic heterocycles. The largest absolute Gasteiger partial charge is 0.309 e. The van der Waals surface area contributed by atoms with E-state index in [1.54, 1.807) is 0 Å². The fourth-order valence-corrected chi connectivity index (χ4v) is 9.32. The van der Waals surface area contributed by atoms with Crippen LogP contribution in [0.15, 0.2) is 182 Å². The Kier molecular flexibility index (Phi) is 5.53. The Morgan fingerprint density at radius 3 is 1.17 bits per heavy atom. The number of fused-ring (bicyclic) bond motifs is 10. The summed E-state index contributed by atoms with van der Waals surface area (Å²) in [6, 6.07) is 67.1. The van der Waals surface area contributed by atoms with Gasteiger partial charge in [0.1, 0.15) is 0 Å². The molecule has 0 saturated heterocycles. The molecule has 0 aliphatic rings. The molecule has 12 rings (SSSR count). The molecule has 2 heteroatoms. The topological polar surface area (TPSA) is 9.86 Å². The average Bonchev–Trinajstić information content (AvgIpc) is 3.73. The number of hydrogen-bond acceptors (Lipinski definition) is 0. The third kappa shape index (κ3) is 3.63. The molecule has 52 heavy (non-hydrogen) atoms. The van der Waals surface area contributed by atoms with E-state index in [1.807, 2.05) is 0 Å².